The van der Waals surface area contributed by atoms with Gasteiger partial charge in [0.2, 0.25) is 0 Å². The summed E-state index contributed by atoms with van der Waals surface area (Å²) in [6.07, 6.45) is 2.30. The van der Waals surface area contributed by atoms with E-state index in [0.29, 0.717) is 30.5 Å². The predicted octanol–water partition coefficient (Wildman–Crippen LogP) is 3.01. The Morgan fingerprint density at radius 3 is 2.93 bits per heavy atom. The average Bonchev–Trinajstić information content (AvgIpc) is 3.54. The summed E-state index contributed by atoms with van der Waals surface area (Å²) in [4.78, 5) is 20.5. The molecule has 8 nitrogen and oxygen atoms in total. The van der Waals surface area contributed by atoms with Gasteiger partial charge in [0.15, 0.2) is 11.5 Å². The molecule has 140 valence electrons. The maximum atomic E-state index is 12.8. The van der Waals surface area contributed by atoms with Crippen LogP contribution >= 0.6 is 11.3 Å². The summed E-state index contributed by atoms with van der Waals surface area (Å²) in [6.45, 7) is 1.17. The molecule has 1 atom stereocenters. The van der Waals surface area contributed by atoms with Crippen LogP contribution in [0.2, 0.25) is 0 Å². The summed E-state index contributed by atoms with van der Waals surface area (Å²) in [5.41, 5.74) is 2.07. The molecule has 0 spiro atoms. The molecule has 4 heterocycles. The maximum absolute atomic E-state index is 12.8. The van der Waals surface area contributed by atoms with Crippen molar-refractivity contribution in [2.75, 3.05) is 13.1 Å². The minimum atomic E-state index is -0.133. The smallest absolute Gasteiger partial charge is 0.276 e. The zero-order chi connectivity index (χ0) is 18.9. The summed E-state index contributed by atoms with van der Waals surface area (Å²) in [6, 6.07) is 11.5. The van der Waals surface area contributed by atoms with E-state index in [0.717, 1.165) is 17.7 Å². The minimum Gasteiger partial charge on any atom is -0.336 e. The van der Waals surface area contributed by atoms with Crippen molar-refractivity contribution in [3.8, 4) is 17.1 Å². The van der Waals surface area contributed by atoms with Crippen LogP contribution in [0.1, 0.15) is 28.7 Å². The normalized spacial score (nSPS) is 16.6. The van der Waals surface area contributed by atoms with E-state index in [1.54, 1.807) is 16.2 Å². The SMILES string of the molecule is O=C(c1cnn(-c2ccccc2)n1)N1CC[C@@H](c2noc(-c3ccsc3)n2)C1. The number of carbonyl (C=O) groups excluding carboxylic acids is 1. The highest BCUT2D eigenvalue weighted by Crippen LogP contribution is 2.28. The van der Waals surface area contributed by atoms with Gasteiger partial charge < -0.3 is 9.42 Å². The molecule has 9 heteroatoms. The van der Waals surface area contributed by atoms with Crippen molar-refractivity contribution >= 4 is 17.2 Å². The number of thiophene rings is 1. The number of para-hydroxylation sites is 1. The second-order valence-corrected chi connectivity index (χ2v) is 7.34. The molecule has 1 aliphatic rings. The van der Waals surface area contributed by atoms with Gasteiger partial charge in [0, 0.05) is 24.4 Å². The molecule has 0 radical (unpaired) electrons. The van der Waals surface area contributed by atoms with E-state index in [9.17, 15) is 4.79 Å². The molecular weight excluding hydrogens is 376 g/mol. The monoisotopic (exact) mass is 392 g/mol. The van der Waals surface area contributed by atoms with Gasteiger partial charge in [-0.2, -0.15) is 26.2 Å². The molecule has 3 aromatic heterocycles. The van der Waals surface area contributed by atoms with Crippen molar-refractivity contribution in [2.45, 2.75) is 12.3 Å². The third kappa shape index (κ3) is 3.09. The minimum absolute atomic E-state index is 0.0595. The molecule has 0 aliphatic carbocycles. The summed E-state index contributed by atoms with van der Waals surface area (Å²) in [5.74, 6) is 1.09. The van der Waals surface area contributed by atoms with Crippen LogP contribution in [0.15, 0.2) is 57.9 Å². The molecule has 0 unspecified atom stereocenters. The van der Waals surface area contributed by atoms with Gasteiger partial charge in [-0.15, -0.1) is 5.10 Å². The van der Waals surface area contributed by atoms with Crippen LogP contribution in [0, 0.1) is 0 Å². The van der Waals surface area contributed by atoms with Crippen LogP contribution < -0.4 is 0 Å². The fraction of sp³-hybridized carbons (Fsp3) is 0.211. The molecule has 1 aromatic carbocycles. The van der Waals surface area contributed by atoms with Gasteiger partial charge >= 0.3 is 0 Å². The molecule has 1 amide bonds. The molecule has 5 rings (SSSR count). The Morgan fingerprint density at radius 1 is 1.21 bits per heavy atom. The summed E-state index contributed by atoms with van der Waals surface area (Å²) in [5, 5.41) is 16.6. The molecular formula is C19H16N6O2S. The van der Waals surface area contributed by atoms with Crippen molar-refractivity contribution in [1.29, 1.82) is 0 Å². The number of rotatable bonds is 4. The first-order valence-electron chi connectivity index (χ1n) is 8.91. The second kappa shape index (κ2) is 7.01. The Hall–Kier alpha value is -3.33. The summed E-state index contributed by atoms with van der Waals surface area (Å²) >= 11 is 1.58. The average molecular weight is 392 g/mol. The summed E-state index contributed by atoms with van der Waals surface area (Å²) in [7, 11) is 0. The fourth-order valence-corrected chi connectivity index (χ4v) is 3.90. The Balaban J connectivity index is 1.28. The zero-order valence-electron chi connectivity index (χ0n) is 14.8. The lowest BCUT2D eigenvalue weighted by molar-refractivity contribution is 0.0784. The van der Waals surface area contributed by atoms with E-state index in [1.807, 2.05) is 47.2 Å². The Bertz CT molecular complexity index is 1090. The first kappa shape index (κ1) is 16.8. The molecule has 28 heavy (non-hydrogen) atoms. The maximum Gasteiger partial charge on any atom is 0.276 e. The van der Waals surface area contributed by atoms with Gasteiger partial charge in [-0.1, -0.05) is 23.4 Å². The molecule has 4 aromatic rings. The lowest BCUT2D eigenvalue weighted by Crippen LogP contribution is -2.29. The Kier molecular flexibility index (Phi) is 4.21. The first-order valence-corrected chi connectivity index (χ1v) is 9.85. The quantitative estimate of drug-likeness (QED) is 0.530. The van der Waals surface area contributed by atoms with Gasteiger partial charge in [-0.05, 0) is 30.0 Å². The lowest BCUT2D eigenvalue weighted by atomic mass is 10.1. The number of hydrogen-bond acceptors (Lipinski definition) is 7. The third-order valence-electron chi connectivity index (χ3n) is 4.75. The van der Waals surface area contributed by atoms with Crippen LogP contribution in [0.4, 0.5) is 0 Å². The number of hydrogen-bond donors (Lipinski definition) is 0. The van der Waals surface area contributed by atoms with E-state index in [1.165, 1.54) is 11.0 Å². The van der Waals surface area contributed by atoms with Crippen LogP contribution in [0.25, 0.3) is 17.1 Å². The number of carbonyl (C=O) groups is 1. The van der Waals surface area contributed by atoms with E-state index in [-0.39, 0.29) is 11.8 Å². The van der Waals surface area contributed by atoms with Gasteiger partial charge in [0.1, 0.15) is 0 Å². The largest absolute Gasteiger partial charge is 0.336 e. The van der Waals surface area contributed by atoms with Gasteiger partial charge in [0.25, 0.3) is 11.8 Å². The molecule has 0 bridgehead atoms. The van der Waals surface area contributed by atoms with E-state index in [2.05, 4.69) is 20.3 Å². The third-order valence-corrected chi connectivity index (χ3v) is 5.43. The van der Waals surface area contributed by atoms with Gasteiger partial charge in [-0.25, -0.2) is 0 Å². The predicted molar refractivity (Wildman–Crippen MR) is 102 cm³/mol. The molecule has 1 saturated heterocycles. The number of amides is 1. The highest BCUT2D eigenvalue weighted by molar-refractivity contribution is 7.08. The number of nitrogens with zero attached hydrogens (tertiary/aromatic N) is 6. The number of benzene rings is 1. The van der Waals surface area contributed by atoms with Crippen molar-refractivity contribution < 1.29 is 9.32 Å². The molecule has 1 aliphatic heterocycles. The fourth-order valence-electron chi connectivity index (χ4n) is 3.27. The van der Waals surface area contributed by atoms with Crippen molar-refractivity contribution in [3.63, 3.8) is 0 Å². The van der Waals surface area contributed by atoms with Crippen LogP contribution in [-0.2, 0) is 0 Å². The highest BCUT2D eigenvalue weighted by atomic mass is 32.1. The van der Waals surface area contributed by atoms with Crippen LogP contribution in [-0.4, -0.2) is 49.0 Å². The topological polar surface area (TPSA) is 89.9 Å². The molecule has 1 fully saturated rings. The van der Waals surface area contributed by atoms with Crippen molar-refractivity contribution in [3.05, 3.63) is 64.9 Å². The van der Waals surface area contributed by atoms with E-state index >= 15 is 0 Å². The van der Waals surface area contributed by atoms with Gasteiger partial charge in [-0.3, -0.25) is 4.79 Å². The number of likely N-dealkylation sites (tertiary alicyclic amines) is 1. The lowest BCUT2D eigenvalue weighted by Gasteiger charge is -2.13. The Labute approximate surface area is 164 Å². The van der Waals surface area contributed by atoms with Crippen molar-refractivity contribution in [2.24, 2.45) is 0 Å². The van der Waals surface area contributed by atoms with Crippen LogP contribution in [0.3, 0.4) is 0 Å². The second-order valence-electron chi connectivity index (χ2n) is 6.56. The van der Waals surface area contributed by atoms with E-state index in [4.69, 9.17) is 4.52 Å². The van der Waals surface area contributed by atoms with E-state index < -0.39 is 0 Å². The number of aromatic nitrogens is 5. The summed E-state index contributed by atoms with van der Waals surface area (Å²) < 4.78 is 5.37. The van der Waals surface area contributed by atoms with Gasteiger partial charge in [0.05, 0.1) is 17.4 Å². The highest BCUT2D eigenvalue weighted by Gasteiger charge is 2.32. The Morgan fingerprint density at radius 2 is 2.11 bits per heavy atom. The first-order chi connectivity index (χ1) is 13.8. The zero-order valence-corrected chi connectivity index (χ0v) is 15.6. The molecule has 0 saturated carbocycles. The van der Waals surface area contributed by atoms with Crippen molar-refractivity contribution in [1.82, 2.24) is 30.0 Å². The van der Waals surface area contributed by atoms with Crippen LogP contribution in [0.5, 0.6) is 0 Å². The molecule has 0 N–H and O–H groups in total. The standard InChI is InChI=1S/C19H16N6O2S/c26-19(16-10-20-25(22-16)15-4-2-1-3-5-15)24-8-6-13(11-24)17-21-18(27-23-17)14-7-9-28-12-14/h1-5,7,9-10,12-13H,6,8,11H2/t13-/m1/s1.